The minimum atomic E-state index is -0.0835. The molecule has 3 aromatic rings. The average Bonchev–Trinajstić information content (AvgIpc) is 3.36. The second-order valence-corrected chi connectivity index (χ2v) is 6.48. The molecule has 6 nitrogen and oxygen atoms in total. The molecule has 0 spiro atoms. The maximum atomic E-state index is 13.1. The molecule has 3 rings (SSSR count). The SMILES string of the molecule is CCN(CC)Cc1cc(C(=O)N(C)Cc2ncc[nH]2)c(-c2ccccc2)o1. The quantitative estimate of drug-likeness (QED) is 0.659. The number of aromatic amines is 1. The van der Waals surface area contributed by atoms with E-state index in [0.29, 0.717) is 24.4 Å². The summed E-state index contributed by atoms with van der Waals surface area (Å²) in [5.74, 6) is 2.08. The van der Waals surface area contributed by atoms with Crippen LogP contribution in [0.4, 0.5) is 0 Å². The smallest absolute Gasteiger partial charge is 0.257 e. The normalized spacial score (nSPS) is 11.1. The van der Waals surface area contributed by atoms with Crippen LogP contribution in [0.5, 0.6) is 0 Å². The van der Waals surface area contributed by atoms with Crippen molar-refractivity contribution in [3.8, 4) is 11.3 Å². The summed E-state index contributed by atoms with van der Waals surface area (Å²) in [6.07, 6.45) is 3.44. The Morgan fingerprint density at radius 2 is 1.89 bits per heavy atom. The molecule has 27 heavy (non-hydrogen) atoms. The molecule has 0 radical (unpaired) electrons. The number of carbonyl (C=O) groups is 1. The Kier molecular flexibility index (Phi) is 6.08. The number of imidazole rings is 1. The Labute approximate surface area is 159 Å². The van der Waals surface area contributed by atoms with Gasteiger partial charge in [-0.2, -0.15) is 0 Å². The van der Waals surface area contributed by atoms with Crippen LogP contribution < -0.4 is 0 Å². The first-order valence-electron chi connectivity index (χ1n) is 9.26. The first-order chi connectivity index (χ1) is 13.1. The van der Waals surface area contributed by atoms with Crippen LogP contribution in [0.1, 0.15) is 35.8 Å². The number of nitrogens with one attached hydrogen (secondary N) is 1. The van der Waals surface area contributed by atoms with Gasteiger partial charge in [0.15, 0.2) is 0 Å². The number of furan rings is 1. The number of carbonyl (C=O) groups excluding carboxylic acids is 1. The third-order valence-corrected chi connectivity index (χ3v) is 4.61. The van der Waals surface area contributed by atoms with Gasteiger partial charge in [0, 0.05) is 25.0 Å². The number of nitrogens with zero attached hydrogens (tertiary/aromatic N) is 3. The maximum absolute atomic E-state index is 13.1. The van der Waals surface area contributed by atoms with E-state index in [2.05, 4.69) is 28.7 Å². The summed E-state index contributed by atoms with van der Waals surface area (Å²) in [5.41, 5.74) is 1.48. The molecule has 0 aliphatic rings. The molecular weight excluding hydrogens is 340 g/mol. The van der Waals surface area contributed by atoms with Gasteiger partial charge in [-0.25, -0.2) is 4.98 Å². The average molecular weight is 366 g/mol. The van der Waals surface area contributed by atoms with Crippen LogP contribution in [0.3, 0.4) is 0 Å². The summed E-state index contributed by atoms with van der Waals surface area (Å²) in [4.78, 5) is 24.3. The molecule has 1 N–H and O–H groups in total. The van der Waals surface area contributed by atoms with E-state index in [0.717, 1.165) is 30.2 Å². The molecule has 0 aliphatic heterocycles. The van der Waals surface area contributed by atoms with Gasteiger partial charge in [0.05, 0.1) is 18.7 Å². The summed E-state index contributed by atoms with van der Waals surface area (Å²) in [7, 11) is 1.77. The second kappa shape index (κ2) is 8.68. The number of rotatable bonds is 8. The van der Waals surface area contributed by atoms with Gasteiger partial charge < -0.3 is 14.3 Å². The van der Waals surface area contributed by atoms with Gasteiger partial charge >= 0.3 is 0 Å². The largest absolute Gasteiger partial charge is 0.459 e. The van der Waals surface area contributed by atoms with E-state index < -0.39 is 0 Å². The molecule has 0 aliphatic carbocycles. The van der Waals surface area contributed by atoms with Crippen molar-refractivity contribution in [1.82, 2.24) is 19.8 Å². The van der Waals surface area contributed by atoms with Crippen molar-refractivity contribution in [3.63, 3.8) is 0 Å². The lowest BCUT2D eigenvalue weighted by molar-refractivity contribution is 0.0782. The molecule has 1 aromatic carbocycles. The van der Waals surface area contributed by atoms with Gasteiger partial charge in [0.25, 0.3) is 5.91 Å². The highest BCUT2D eigenvalue weighted by Gasteiger charge is 2.23. The van der Waals surface area contributed by atoms with Crippen molar-refractivity contribution >= 4 is 5.91 Å². The number of hydrogen-bond acceptors (Lipinski definition) is 4. The van der Waals surface area contributed by atoms with Gasteiger partial charge in [-0.15, -0.1) is 0 Å². The van der Waals surface area contributed by atoms with E-state index >= 15 is 0 Å². The van der Waals surface area contributed by atoms with Crippen LogP contribution >= 0.6 is 0 Å². The summed E-state index contributed by atoms with van der Waals surface area (Å²) >= 11 is 0. The Bertz CT molecular complexity index is 852. The van der Waals surface area contributed by atoms with E-state index in [1.807, 2.05) is 36.4 Å². The highest BCUT2D eigenvalue weighted by atomic mass is 16.3. The molecule has 0 unspecified atom stereocenters. The zero-order chi connectivity index (χ0) is 19.2. The number of H-pyrrole nitrogens is 1. The van der Waals surface area contributed by atoms with Crippen LogP contribution in [0.2, 0.25) is 0 Å². The van der Waals surface area contributed by atoms with Crippen LogP contribution in [0, 0.1) is 0 Å². The predicted molar refractivity (Wildman–Crippen MR) is 105 cm³/mol. The second-order valence-electron chi connectivity index (χ2n) is 6.48. The summed E-state index contributed by atoms with van der Waals surface area (Å²) in [6.45, 7) is 7.19. The number of benzene rings is 1. The lowest BCUT2D eigenvalue weighted by atomic mass is 10.1. The van der Waals surface area contributed by atoms with Gasteiger partial charge in [0.1, 0.15) is 17.3 Å². The lowest BCUT2D eigenvalue weighted by Crippen LogP contribution is -2.26. The van der Waals surface area contributed by atoms with Gasteiger partial charge in [0.2, 0.25) is 0 Å². The molecule has 2 heterocycles. The fourth-order valence-electron chi connectivity index (χ4n) is 3.04. The number of aromatic nitrogens is 2. The molecule has 142 valence electrons. The predicted octanol–water partition coefficient (Wildman–Crippen LogP) is 3.78. The highest BCUT2D eigenvalue weighted by molar-refractivity contribution is 5.99. The Balaban J connectivity index is 1.91. The van der Waals surface area contributed by atoms with E-state index in [4.69, 9.17) is 4.42 Å². The minimum absolute atomic E-state index is 0.0835. The van der Waals surface area contributed by atoms with Crippen molar-refractivity contribution in [3.05, 3.63) is 65.9 Å². The Hall–Kier alpha value is -2.86. The van der Waals surface area contributed by atoms with Crippen molar-refractivity contribution in [1.29, 1.82) is 0 Å². The van der Waals surface area contributed by atoms with E-state index in [1.54, 1.807) is 24.3 Å². The first-order valence-corrected chi connectivity index (χ1v) is 9.26. The summed E-state index contributed by atoms with van der Waals surface area (Å²) in [6, 6.07) is 11.6. The van der Waals surface area contributed by atoms with Crippen molar-refractivity contribution in [2.45, 2.75) is 26.9 Å². The van der Waals surface area contributed by atoms with E-state index in [9.17, 15) is 4.79 Å². The minimum Gasteiger partial charge on any atom is -0.459 e. The maximum Gasteiger partial charge on any atom is 0.257 e. The van der Waals surface area contributed by atoms with Crippen molar-refractivity contribution < 1.29 is 9.21 Å². The molecule has 2 aromatic heterocycles. The van der Waals surface area contributed by atoms with Gasteiger partial charge in [-0.1, -0.05) is 44.2 Å². The number of amides is 1. The molecule has 0 saturated heterocycles. The Morgan fingerprint density at radius 3 is 2.52 bits per heavy atom. The van der Waals surface area contributed by atoms with Crippen LogP contribution in [-0.2, 0) is 13.1 Å². The molecule has 0 bridgehead atoms. The molecular formula is C21H26N4O2. The zero-order valence-corrected chi connectivity index (χ0v) is 16.1. The highest BCUT2D eigenvalue weighted by Crippen LogP contribution is 2.29. The van der Waals surface area contributed by atoms with Crippen molar-refractivity contribution in [2.24, 2.45) is 0 Å². The van der Waals surface area contributed by atoms with Crippen molar-refractivity contribution in [2.75, 3.05) is 20.1 Å². The third-order valence-electron chi connectivity index (χ3n) is 4.61. The number of hydrogen-bond donors (Lipinski definition) is 1. The topological polar surface area (TPSA) is 65.4 Å². The van der Waals surface area contributed by atoms with E-state index in [1.165, 1.54) is 0 Å². The summed E-state index contributed by atoms with van der Waals surface area (Å²) < 4.78 is 6.13. The van der Waals surface area contributed by atoms with Gasteiger partial charge in [-0.05, 0) is 19.2 Å². The molecule has 1 amide bonds. The van der Waals surface area contributed by atoms with Crippen LogP contribution in [0.15, 0.2) is 53.2 Å². The fraction of sp³-hybridized carbons (Fsp3) is 0.333. The molecule has 0 saturated carbocycles. The van der Waals surface area contributed by atoms with Gasteiger partial charge in [-0.3, -0.25) is 9.69 Å². The van der Waals surface area contributed by atoms with Crippen LogP contribution in [0.25, 0.3) is 11.3 Å². The first kappa shape index (κ1) is 18.9. The molecule has 0 atom stereocenters. The summed E-state index contributed by atoms with van der Waals surface area (Å²) in [5, 5.41) is 0. The monoisotopic (exact) mass is 366 g/mol. The Morgan fingerprint density at radius 1 is 1.15 bits per heavy atom. The fourth-order valence-corrected chi connectivity index (χ4v) is 3.04. The standard InChI is InChI=1S/C21H26N4O2/c1-4-25(5-2)14-17-13-18(20(27-17)16-9-7-6-8-10-16)21(26)24(3)15-19-22-11-12-23-19/h6-13H,4-5,14-15H2,1-3H3,(H,22,23). The van der Waals surface area contributed by atoms with E-state index in [-0.39, 0.29) is 5.91 Å². The molecule has 6 heteroatoms. The third kappa shape index (κ3) is 4.46. The molecule has 0 fully saturated rings. The van der Waals surface area contributed by atoms with Crippen LogP contribution in [-0.4, -0.2) is 45.8 Å². The lowest BCUT2D eigenvalue weighted by Gasteiger charge is -2.15. The zero-order valence-electron chi connectivity index (χ0n) is 16.1.